The normalized spacial score (nSPS) is 33.5. The third kappa shape index (κ3) is 4.23. The number of fused-ring (bicyclic) bond motifs is 2. The fraction of sp³-hybridized carbons (Fsp3) is 0.581. The molecule has 210 valence electrons. The number of benzene rings is 1. The van der Waals surface area contributed by atoms with Gasteiger partial charge in [0.05, 0.1) is 30.1 Å². The molecule has 4 heterocycles. The van der Waals surface area contributed by atoms with Gasteiger partial charge in [0.15, 0.2) is 0 Å². The van der Waals surface area contributed by atoms with E-state index in [9.17, 15) is 19.5 Å². The topological polar surface area (TPSA) is 90.4 Å². The first-order valence-electron chi connectivity index (χ1n) is 14.4. The van der Waals surface area contributed by atoms with Gasteiger partial charge in [0.25, 0.3) is 0 Å². The summed E-state index contributed by atoms with van der Waals surface area (Å²) in [4.78, 5) is 48.4. The van der Waals surface area contributed by atoms with Crippen molar-refractivity contribution in [3.63, 3.8) is 0 Å². The average molecular weight is 536 g/mol. The molecule has 0 bridgehead atoms. The third-order valence-corrected chi connectivity index (χ3v) is 9.03. The van der Waals surface area contributed by atoms with Crippen molar-refractivity contribution in [3.05, 3.63) is 60.2 Å². The highest BCUT2D eigenvalue weighted by atomic mass is 16.5. The van der Waals surface area contributed by atoms with Crippen molar-refractivity contribution in [1.29, 1.82) is 0 Å². The standard InChI is InChI=1S/C31H41N3O5/c1-5-12-21(3)33-19-11-16-31-25(24-27(36)32(17-6-2)18-10-15-30(24,4)39-31)28(37)34(26(31)29(33)38)23(20-35)22-13-8-7-9-14-22/h7-11,13-16,21,23-26,35H,5-6,12,17-20H2,1-4H3/t21?,23-,24-,25+,26?,30+,31+/m1/s1. The Kier molecular flexibility index (Phi) is 7.46. The van der Waals surface area contributed by atoms with Gasteiger partial charge in [-0.1, -0.05) is 74.9 Å². The van der Waals surface area contributed by atoms with E-state index in [4.69, 9.17) is 4.74 Å². The zero-order chi connectivity index (χ0) is 27.9. The van der Waals surface area contributed by atoms with E-state index in [1.807, 2.05) is 80.3 Å². The van der Waals surface area contributed by atoms with Crippen molar-refractivity contribution < 1.29 is 24.2 Å². The van der Waals surface area contributed by atoms with Crippen LogP contribution >= 0.6 is 0 Å². The van der Waals surface area contributed by atoms with E-state index < -0.39 is 35.1 Å². The lowest BCUT2D eigenvalue weighted by molar-refractivity contribution is -0.157. The molecule has 7 atom stereocenters. The molecule has 1 aromatic carbocycles. The first kappa shape index (κ1) is 27.6. The first-order chi connectivity index (χ1) is 18.7. The number of hydrogen-bond donors (Lipinski definition) is 1. The van der Waals surface area contributed by atoms with Gasteiger partial charge in [0.2, 0.25) is 17.7 Å². The summed E-state index contributed by atoms with van der Waals surface area (Å²) in [6.07, 6.45) is 10.2. The predicted octanol–water partition coefficient (Wildman–Crippen LogP) is 3.09. The number of rotatable bonds is 8. The van der Waals surface area contributed by atoms with E-state index >= 15 is 0 Å². The van der Waals surface area contributed by atoms with Gasteiger partial charge in [-0.05, 0) is 32.3 Å². The molecule has 3 amide bonds. The molecule has 1 N–H and O–H groups in total. The zero-order valence-corrected chi connectivity index (χ0v) is 23.5. The minimum absolute atomic E-state index is 0.0355. The smallest absolute Gasteiger partial charge is 0.249 e. The summed E-state index contributed by atoms with van der Waals surface area (Å²) in [6, 6.07) is 7.52. The highest BCUT2D eigenvalue weighted by Crippen LogP contribution is 2.58. The molecule has 0 aromatic heterocycles. The van der Waals surface area contributed by atoms with Gasteiger partial charge >= 0.3 is 0 Å². The minimum atomic E-state index is -1.33. The number of hydrogen-bond acceptors (Lipinski definition) is 5. The van der Waals surface area contributed by atoms with E-state index in [2.05, 4.69) is 6.92 Å². The second-order valence-electron chi connectivity index (χ2n) is 11.6. The molecule has 2 saturated heterocycles. The van der Waals surface area contributed by atoms with Crippen molar-refractivity contribution >= 4 is 17.7 Å². The minimum Gasteiger partial charge on any atom is -0.394 e. The largest absolute Gasteiger partial charge is 0.394 e. The molecule has 0 saturated carbocycles. The van der Waals surface area contributed by atoms with E-state index in [-0.39, 0.29) is 30.4 Å². The Balaban J connectivity index is 1.68. The van der Waals surface area contributed by atoms with Crippen LogP contribution in [0.3, 0.4) is 0 Å². The number of carbonyl (C=O) groups excluding carboxylic acids is 3. The maximum absolute atomic E-state index is 14.6. The molecule has 4 aliphatic rings. The monoisotopic (exact) mass is 535 g/mol. The second-order valence-corrected chi connectivity index (χ2v) is 11.6. The molecule has 2 fully saturated rings. The van der Waals surface area contributed by atoms with Crippen LogP contribution in [0.1, 0.15) is 58.6 Å². The third-order valence-electron chi connectivity index (χ3n) is 9.03. The quantitative estimate of drug-likeness (QED) is 0.517. The van der Waals surface area contributed by atoms with E-state index in [0.717, 1.165) is 24.8 Å². The molecule has 8 nitrogen and oxygen atoms in total. The molecule has 5 rings (SSSR count). The Morgan fingerprint density at radius 3 is 2.36 bits per heavy atom. The molecular weight excluding hydrogens is 494 g/mol. The van der Waals surface area contributed by atoms with Crippen LogP contribution in [0.4, 0.5) is 0 Å². The molecule has 39 heavy (non-hydrogen) atoms. The van der Waals surface area contributed by atoms with Crippen molar-refractivity contribution in [2.45, 2.75) is 76.3 Å². The van der Waals surface area contributed by atoms with Gasteiger partial charge in [-0.15, -0.1) is 0 Å². The number of nitrogens with zero attached hydrogens (tertiary/aromatic N) is 3. The van der Waals surface area contributed by atoms with Crippen molar-refractivity contribution in [2.24, 2.45) is 11.8 Å². The summed E-state index contributed by atoms with van der Waals surface area (Å²) in [5.74, 6) is -2.31. The maximum atomic E-state index is 14.6. The summed E-state index contributed by atoms with van der Waals surface area (Å²) in [6.45, 7) is 9.10. The van der Waals surface area contributed by atoms with Crippen molar-refractivity contribution in [3.8, 4) is 0 Å². The number of ether oxygens (including phenoxy) is 1. The molecular formula is C31H41N3O5. The maximum Gasteiger partial charge on any atom is 0.249 e. The van der Waals surface area contributed by atoms with Crippen LogP contribution in [0.5, 0.6) is 0 Å². The van der Waals surface area contributed by atoms with E-state index in [1.165, 1.54) is 4.90 Å². The number of aliphatic hydroxyl groups is 1. The summed E-state index contributed by atoms with van der Waals surface area (Å²) in [5.41, 5.74) is -1.63. The molecule has 0 aliphatic carbocycles. The average Bonchev–Trinajstić information content (AvgIpc) is 3.19. The van der Waals surface area contributed by atoms with Crippen LogP contribution < -0.4 is 0 Å². The van der Waals surface area contributed by atoms with Crippen molar-refractivity contribution in [2.75, 3.05) is 26.2 Å². The lowest BCUT2D eigenvalue weighted by Crippen LogP contribution is -2.58. The van der Waals surface area contributed by atoms with E-state index in [0.29, 0.717) is 19.6 Å². The lowest BCUT2D eigenvalue weighted by Gasteiger charge is -2.41. The molecule has 2 unspecified atom stereocenters. The Morgan fingerprint density at radius 1 is 0.974 bits per heavy atom. The highest BCUT2D eigenvalue weighted by Gasteiger charge is 2.75. The fourth-order valence-corrected chi connectivity index (χ4v) is 7.34. The van der Waals surface area contributed by atoms with Gasteiger partial charge in [-0.25, -0.2) is 0 Å². The van der Waals surface area contributed by atoms with Gasteiger partial charge in [0, 0.05) is 25.7 Å². The van der Waals surface area contributed by atoms with Gasteiger partial charge in [-0.2, -0.15) is 0 Å². The lowest BCUT2D eigenvalue weighted by atomic mass is 9.74. The molecule has 4 aliphatic heterocycles. The van der Waals surface area contributed by atoms with Crippen LogP contribution in [0, 0.1) is 11.8 Å². The fourth-order valence-electron chi connectivity index (χ4n) is 7.34. The summed E-state index contributed by atoms with van der Waals surface area (Å²) >= 11 is 0. The number of aliphatic hydroxyl groups excluding tert-OH is 1. The van der Waals surface area contributed by atoms with Crippen LogP contribution in [0.2, 0.25) is 0 Å². The Bertz CT molecular complexity index is 1170. The summed E-state index contributed by atoms with van der Waals surface area (Å²) in [5, 5.41) is 10.7. The van der Waals surface area contributed by atoms with Gasteiger partial charge < -0.3 is 24.5 Å². The molecule has 1 aromatic rings. The van der Waals surface area contributed by atoms with Crippen LogP contribution in [-0.4, -0.2) is 87.1 Å². The number of likely N-dealkylation sites (tertiary alicyclic amines) is 1. The number of amides is 3. The zero-order valence-electron chi connectivity index (χ0n) is 23.5. The van der Waals surface area contributed by atoms with Crippen LogP contribution in [0.15, 0.2) is 54.6 Å². The van der Waals surface area contributed by atoms with Gasteiger partial charge in [-0.3, -0.25) is 14.4 Å². The highest BCUT2D eigenvalue weighted by molar-refractivity contribution is 6.00. The Labute approximate surface area is 231 Å². The summed E-state index contributed by atoms with van der Waals surface area (Å²) < 4.78 is 6.90. The van der Waals surface area contributed by atoms with Crippen LogP contribution in [0.25, 0.3) is 0 Å². The second kappa shape index (κ2) is 10.5. The first-order valence-corrected chi connectivity index (χ1v) is 14.4. The Hall–Kier alpha value is -2.97. The Morgan fingerprint density at radius 2 is 1.69 bits per heavy atom. The van der Waals surface area contributed by atoms with Gasteiger partial charge in [0.1, 0.15) is 11.6 Å². The predicted molar refractivity (Wildman–Crippen MR) is 147 cm³/mol. The molecule has 0 radical (unpaired) electrons. The molecule has 1 spiro atoms. The van der Waals surface area contributed by atoms with Crippen molar-refractivity contribution in [1.82, 2.24) is 14.7 Å². The van der Waals surface area contributed by atoms with E-state index in [1.54, 1.807) is 4.90 Å². The van der Waals surface area contributed by atoms with Crippen LogP contribution in [-0.2, 0) is 19.1 Å². The SMILES string of the molecule is CCCC(C)N1CC=C[C@]23O[C@@]4(C)C=CCN(CCC)C(=O)[C@H]4[C@H]2C(=O)N([C@H](CO)c2ccccc2)C3C1=O. The summed E-state index contributed by atoms with van der Waals surface area (Å²) in [7, 11) is 0. The number of carbonyl (C=O) groups is 3. The molecule has 8 heteroatoms.